The number of pyridine rings is 1. The van der Waals surface area contributed by atoms with Crippen LogP contribution in [0.2, 0.25) is 5.28 Å². The van der Waals surface area contributed by atoms with E-state index in [-0.39, 0.29) is 11.1 Å². The molecule has 2 heterocycles. The molecule has 0 saturated heterocycles. The SMILES string of the molecule is Cc1cccc(CNc2nc(Cl)ncc2F)n1. The first kappa shape index (κ1) is 11.7. The molecule has 88 valence electrons. The Morgan fingerprint density at radius 3 is 2.94 bits per heavy atom. The molecule has 0 aliphatic heterocycles. The van der Waals surface area contributed by atoms with Crippen molar-refractivity contribution in [3.8, 4) is 0 Å². The Hall–Kier alpha value is -1.75. The highest BCUT2D eigenvalue weighted by atomic mass is 35.5. The molecular formula is C11H10ClFN4. The Morgan fingerprint density at radius 1 is 1.35 bits per heavy atom. The van der Waals surface area contributed by atoms with E-state index in [2.05, 4.69) is 20.3 Å². The summed E-state index contributed by atoms with van der Waals surface area (Å²) < 4.78 is 13.3. The number of hydrogen-bond donors (Lipinski definition) is 1. The van der Waals surface area contributed by atoms with Gasteiger partial charge >= 0.3 is 0 Å². The zero-order valence-electron chi connectivity index (χ0n) is 9.11. The maximum atomic E-state index is 13.3. The van der Waals surface area contributed by atoms with Gasteiger partial charge in [-0.1, -0.05) is 6.07 Å². The zero-order chi connectivity index (χ0) is 12.3. The van der Waals surface area contributed by atoms with Gasteiger partial charge < -0.3 is 5.32 Å². The third-order valence-corrected chi connectivity index (χ3v) is 2.28. The first-order chi connectivity index (χ1) is 8.15. The van der Waals surface area contributed by atoms with Crippen LogP contribution in [0.1, 0.15) is 11.4 Å². The van der Waals surface area contributed by atoms with E-state index in [9.17, 15) is 4.39 Å². The highest BCUT2D eigenvalue weighted by Gasteiger charge is 2.05. The fourth-order valence-corrected chi connectivity index (χ4v) is 1.48. The van der Waals surface area contributed by atoms with E-state index in [1.54, 1.807) is 0 Å². The summed E-state index contributed by atoms with van der Waals surface area (Å²) in [7, 11) is 0. The zero-order valence-corrected chi connectivity index (χ0v) is 9.87. The third kappa shape index (κ3) is 3.10. The van der Waals surface area contributed by atoms with Gasteiger partial charge in [-0.2, -0.15) is 4.98 Å². The summed E-state index contributed by atoms with van der Waals surface area (Å²) in [6.07, 6.45) is 1.03. The lowest BCUT2D eigenvalue weighted by atomic mass is 10.3. The van der Waals surface area contributed by atoms with Gasteiger partial charge in [0.2, 0.25) is 5.28 Å². The minimum absolute atomic E-state index is 0.00565. The highest BCUT2D eigenvalue weighted by molar-refractivity contribution is 6.28. The number of nitrogens with zero attached hydrogens (tertiary/aromatic N) is 3. The van der Waals surface area contributed by atoms with Crippen molar-refractivity contribution in [1.29, 1.82) is 0 Å². The highest BCUT2D eigenvalue weighted by Crippen LogP contribution is 2.12. The predicted octanol–water partition coefficient (Wildman–Crippen LogP) is 2.58. The smallest absolute Gasteiger partial charge is 0.224 e. The first-order valence-electron chi connectivity index (χ1n) is 4.99. The Kier molecular flexibility index (Phi) is 3.49. The number of hydrogen-bond acceptors (Lipinski definition) is 4. The van der Waals surface area contributed by atoms with Gasteiger partial charge in [-0.15, -0.1) is 0 Å². The van der Waals surface area contributed by atoms with Crippen molar-refractivity contribution >= 4 is 17.4 Å². The number of anilines is 1. The van der Waals surface area contributed by atoms with Crippen molar-refractivity contribution < 1.29 is 4.39 Å². The van der Waals surface area contributed by atoms with Crippen LogP contribution in [-0.4, -0.2) is 15.0 Å². The standard InChI is InChI=1S/C11H10ClFN4/c1-7-3-2-4-8(16-7)5-14-10-9(13)6-15-11(12)17-10/h2-4,6H,5H2,1H3,(H,14,15,17). The van der Waals surface area contributed by atoms with Gasteiger partial charge in [0.05, 0.1) is 18.4 Å². The summed E-state index contributed by atoms with van der Waals surface area (Å²) in [5.74, 6) is -0.463. The Balaban J connectivity index is 2.09. The molecule has 0 saturated carbocycles. The van der Waals surface area contributed by atoms with Crippen LogP contribution in [0, 0.1) is 12.7 Å². The summed E-state index contributed by atoms with van der Waals surface area (Å²) in [6, 6.07) is 5.63. The van der Waals surface area contributed by atoms with Crippen molar-refractivity contribution in [2.45, 2.75) is 13.5 Å². The summed E-state index contributed by atoms with van der Waals surface area (Å²) in [6.45, 7) is 2.28. The average molecular weight is 253 g/mol. The molecule has 2 aromatic rings. The molecule has 0 unspecified atom stereocenters. The molecule has 0 aliphatic rings. The van der Waals surface area contributed by atoms with Gasteiger partial charge in [0.1, 0.15) is 0 Å². The summed E-state index contributed by atoms with van der Waals surface area (Å²) in [4.78, 5) is 11.6. The number of nitrogens with one attached hydrogen (secondary N) is 1. The number of aromatic nitrogens is 3. The first-order valence-corrected chi connectivity index (χ1v) is 5.37. The Bertz CT molecular complexity index is 533. The van der Waals surface area contributed by atoms with Crippen molar-refractivity contribution in [3.05, 3.63) is 46.9 Å². The molecule has 0 radical (unpaired) electrons. The van der Waals surface area contributed by atoms with Crippen LogP contribution in [0.5, 0.6) is 0 Å². The van der Waals surface area contributed by atoms with Crippen LogP contribution in [-0.2, 0) is 6.54 Å². The van der Waals surface area contributed by atoms with Crippen LogP contribution >= 0.6 is 11.6 Å². The van der Waals surface area contributed by atoms with Crippen LogP contribution in [0.4, 0.5) is 10.2 Å². The molecule has 0 aliphatic carbocycles. The topological polar surface area (TPSA) is 50.7 Å². The second-order valence-electron chi connectivity index (χ2n) is 3.46. The Labute approximate surface area is 103 Å². The van der Waals surface area contributed by atoms with E-state index in [1.807, 2.05) is 25.1 Å². The van der Waals surface area contributed by atoms with Crippen LogP contribution in [0.15, 0.2) is 24.4 Å². The molecule has 2 aromatic heterocycles. The fourth-order valence-electron chi connectivity index (χ4n) is 1.34. The van der Waals surface area contributed by atoms with Gasteiger partial charge in [-0.3, -0.25) is 4.98 Å². The molecule has 0 spiro atoms. The largest absolute Gasteiger partial charge is 0.362 e. The van der Waals surface area contributed by atoms with E-state index in [1.165, 1.54) is 0 Å². The maximum Gasteiger partial charge on any atom is 0.224 e. The number of rotatable bonds is 3. The van der Waals surface area contributed by atoms with Crippen LogP contribution < -0.4 is 5.32 Å². The average Bonchev–Trinajstić information content (AvgIpc) is 2.30. The van der Waals surface area contributed by atoms with E-state index < -0.39 is 5.82 Å². The summed E-state index contributed by atoms with van der Waals surface area (Å²) in [5.41, 5.74) is 1.71. The van der Waals surface area contributed by atoms with Crippen molar-refractivity contribution in [3.63, 3.8) is 0 Å². The molecule has 17 heavy (non-hydrogen) atoms. The number of aryl methyl sites for hydroxylation is 1. The van der Waals surface area contributed by atoms with Gasteiger partial charge in [0.25, 0.3) is 0 Å². The predicted molar refractivity (Wildman–Crippen MR) is 63.3 cm³/mol. The monoisotopic (exact) mass is 252 g/mol. The minimum atomic E-state index is -0.540. The maximum absolute atomic E-state index is 13.3. The molecule has 1 N–H and O–H groups in total. The molecular weight excluding hydrogens is 243 g/mol. The van der Waals surface area contributed by atoms with Crippen molar-refractivity contribution in [2.75, 3.05) is 5.32 Å². The van der Waals surface area contributed by atoms with Crippen molar-refractivity contribution in [1.82, 2.24) is 15.0 Å². The normalized spacial score (nSPS) is 10.3. The van der Waals surface area contributed by atoms with Crippen LogP contribution in [0.25, 0.3) is 0 Å². The number of halogens is 2. The van der Waals surface area contributed by atoms with E-state index in [0.717, 1.165) is 17.6 Å². The van der Waals surface area contributed by atoms with Crippen molar-refractivity contribution in [2.24, 2.45) is 0 Å². The molecule has 0 amide bonds. The van der Waals surface area contributed by atoms with Gasteiger partial charge in [-0.05, 0) is 30.7 Å². The molecule has 6 heteroatoms. The molecule has 0 bridgehead atoms. The van der Waals surface area contributed by atoms with Crippen LogP contribution in [0.3, 0.4) is 0 Å². The third-order valence-electron chi connectivity index (χ3n) is 2.10. The molecule has 0 atom stereocenters. The lowest BCUT2D eigenvalue weighted by molar-refractivity contribution is 0.616. The molecule has 2 rings (SSSR count). The van der Waals surface area contributed by atoms with Gasteiger partial charge in [-0.25, -0.2) is 9.37 Å². The molecule has 0 aromatic carbocycles. The second-order valence-corrected chi connectivity index (χ2v) is 3.80. The molecule has 4 nitrogen and oxygen atoms in total. The fraction of sp³-hybridized carbons (Fsp3) is 0.182. The summed E-state index contributed by atoms with van der Waals surface area (Å²) in [5, 5.41) is 2.83. The quantitative estimate of drug-likeness (QED) is 0.853. The van der Waals surface area contributed by atoms with Gasteiger partial charge in [0, 0.05) is 5.69 Å². The summed E-state index contributed by atoms with van der Waals surface area (Å²) >= 11 is 5.58. The van der Waals surface area contributed by atoms with Gasteiger partial charge in [0.15, 0.2) is 11.6 Å². The minimum Gasteiger partial charge on any atom is -0.362 e. The lowest BCUT2D eigenvalue weighted by Gasteiger charge is -2.06. The van der Waals surface area contributed by atoms with E-state index in [0.29, 0.717) is 6.54 Å². The molecule has 0 fully saturated rings. The van der Waals surface area contributed by atoms with E-state index >= 15 is 0 Å². The van der Waals surface area contributed by atoms with E-state index in [4.69, 9.17) is 11.6 Å². The Morgan fingerprint density at radius 2 is 2.18 bits per heavy atom. The second kappa shape index (κ2) is 5.05. The lowest BCUT2D eigenvalue weighted by Crippen LogP contribution is -2.06.